The van der Waals surface area contributed by atoms with Crippen LogP contribution in [-0.4, -0.2) is 30.5 Å². The zero-order valence-corrected chi connectivity index (χ0v) is 10.1. The van der Waals surface area contributed by atoms with Crippen molar-refractivity contribution in [2.75, 3.05) is 5.32 Å². The largest absolute Gasteiger partial charge is 0.290 e. The van der Waals surface area contributed by atoms with Gasteiger partial charge < -0.3 is 0 Å². The van der Waals surface area contributed by atoms with Crippen molar-refractivity contribution in [2.45, 2.75) is 6.92 Å². The number of anilines is 1. The highest BCUT2D eigenvalue weighted by molar-refractivity contribution is 6.03. The number of nitrogens with one attached hydrogen (secondary N) is 1. The molecular weight excluding hydrogens is 244 g/mol. The number of hydrogen-bond acceptors (Lipinski definition) is 5. The minimum absolute atomic E-state index is 0.269. The second-order valence-electron chi connectivity index (χ2n) is 3.92. The highest BCUT2D eigenvalue weighted by Crippen LogP contribution is 2.08. The van der Waals surface area contributed by atoms with Gasteiger partial charge in [-0.05, 0) is 25.1 Å². The highest BCUT2D eigenvalue weighted by Gasteiger charge is 2.09. The number of fused-ring (bicyclic) bond motifs is 1. The maximum atomic E-state index is 12.0. The molecule has 0 saturated heterocycles. The van der Waals surface area contributed by atoms with E-state index in [2.05, 4.69) is 25.5 Å². The summed E-state index contributed by atoms with van der Waals surface area (Å²) in [7, 11) is 0. The zero-order valence-electron chi connectivity index (χ0n) is 10.1. The number of rotatable bonds is 2. The van der Waals surface area contributed by atoms with Gasteiger partial charge in [-0.2, -0.15) is 0 Å². The number of nitrogens with zero attached hydrogens (tertiary/aromatic N) is 5. The number of carbonyl (C=O) groups excluding carboxylic acids is 1. The van der Waals surface area contributed by atoms with Crippen molar-refractivity contribution in [1.29, 1.82) is 0 Å². The number of carbonyl (C=O) groups is 1. The molecule has 0 aliphatic carbocycles. The van der Waals surface area contributed by atoms with Crippen LogP contribution in [0.15, 0.2) is 36.8 Å². The minimum atomic E-state index is -0.283. The summed E-state index contributed by atoms with van der Waals surface area (Å²) in [6.07, 6.45) is 4.88. The number of hydrogen-bond donors (Lipinski definition) is 1. The molecule has 1 amide bonds. The van der Waals surface area contributed by atoms with Gasteiger partial charge in [-0.15, -0.1) is 10.2 Å². The summed E-state index contributed by atoms with van der Waals surface area (Å²) in [5.74, 6) is 0.757. The van der Waals surface area contributed by atoms with Gasteiger partial charge in [-0.3, -0.25) is 14.5 Å². The van der Waals surface area contributed by atoms with E-state index in [-0.39, 0.29) is 11.9 Å². The van der Waals surface area contributed by atoms with Crippen molar-refractivity contribution in [1.82, 2.24) is 24.6 Å². The molecule has 7 heteroatoms. The Morgan fingerprint density at radius 3 is 2.84 bits per heavy atom. The van der Waals surface area contributed by atoms with Crippen molar-refractivity contribution in [2.24, 2.45) is 0 Å². The van der Waals surface area contributed by atoms with Gasteiger partial charge >= 0.3 is 0 Å². The van der Waals surface area contributed by atoms with Gasteiger partial charge in [0, 0.05) is 24.2 Å². The van der Waals surface area contributed by atoms with Gasteiger partial charge in [-0.1, -0.05) is 0 Å². The van der Waals surface area contributed by atoms with Gasteiger partial charge in [0.25, 0.3) is 5.91 Å². The first kappa shape index (κ1) is 11.3. The van der Waals surface area contributed by atoms with Crippen LogP contribution in [0.2, 0.25) is 0 Å². The van der Waals surface area contributed by atoms with Crippen LogP contribution in [-0.2, 0) is 0 Å². The van der Waals surface area contributed by atoms with Crippen molar-refractivity contribution in [3.05, 3.63) is 48.2 Å². The van der Waals surface area contributed by atoms with E-state index in [4.69, 9.17) is 0 Å². The Balaban J connectivity index is 1.89. The second-order valence-corrected chi connectivity index (χ2v) is 3.92. The predicted molar refractivity (Wildman–Crippen MR) is 67.7 cm³/mol. The molecule has 0 radical (unpaired) electrons. The van der Waals surface area contributed by atoms with Crippen molar-refractivity contribution in [3.8, 4) is 0 Å². The van der Waals surface area contributed by atoms with E-state index in [0.29, 0.717) is 11.2 Å². The summed E-state index contributed by atoms with van der Waals surface area (Å²) in [5, 5.41) is 10.5. The van der Waals surface area contributed by atoms with E-state index in [1.54, 1.807) is 41.2 Å². The summed E-state index contributed by atoms with van der Waals surface area (Å²) in [5.41, 5.74) is 1.10. The maximum absolute atomic E-state index is 12.0. The molecule has 7 nitrogen and oxygen atoms in total. The van der Waals surface area contributed by atoms with Gasteiger partial charge in [0.15, 0.2) is 5.65 Å². The third-order valence-electron chi connectivity index (χ3n) is 2.63. The summed E-state index contributed by atoms with van der Waals surface area (Å²) in [6.45, 7) is 1.84. The van der Waals surface area contributed by atoms with Crippen molar-refractivity contribution >= 4 is 17.5 Å². The predicted octanol–water partition coefficient (Wildman–Crippen LogP) is 1.08. The third-order valence-corrected chi connectivity index (χ3v) is 2.63. The van der Waals surface area contributed by atoms with E-state index in [1.807, 2.05) is 6.92 Å². The highest BCUT2D eigenvalue weighted by atomic mass is 16.1. The molecule has 0 aliphatic rings. The summed E-state index contributed by atoms with van der Waals surface area (Å²) >= 11 is 0. The molecule has 1 N–H and O–H groups in total. The monoisotopic (exact) mass is 254 g/mol. The number of aromatic nitrogens is 5. The second kappa shape index (κ2) is 4.45. The van der Waals surface area contributed by atoms with E-state index in [0.717, 1.165) is 5.82 Å². The quantitative estimate of drug-likeness (QED) is 0.739. The van der Waals surface area contributed by atoms with Crippen molar-refractivity contribution in [3.63, 3.8) is 0 Å². The maximum Gasteiger partial charge on any atom is 0.258 e. The van der Waals surface area contributed by atoms with Crippen LogP contribution in [0.3, 0.4) is 0 Å². The lowest BCUT2D eigenvalue weighted by Crippen LogP contribution is -2.14. The van der Waals surface area contributed by atoms with Gasteiger partial charge in [0.1, 0.15) is 5.82 Å². The SMILES string of the molecule is Cc1nnc2cc(C(=O)Nc3ncccn3)ccn12. The molecule has 3 heterocycles. The molecule has 0 atom stereocenters. The molecule has 0 spiro atoms. The zero-order chi connectivity index (χ0) is 13.2. The Labute approximate surface area is 108 Å². The third kappa shape index (κ3) is 2.13. The van der Waals surface area contributed by atoms with E-state index in [9.17, 15) is 4.79 Å². The average molecular weight is 254 g/mol. The molecule has 0 aromatic carbocycles. The van der Waals surface area contributed by atoms with Crippen LogP contribution in [0.4, 0.5) is 5.95 Å². The molecule has 3 aromatic rings. The Morgan fingerprint density at radius 1 is 1.26 bits per heavy atom. The number of aryl methyl sites for hydroxylation is 1. The molecule has 0 bridgehead atoms. The first-order chi connectivity index (χ1) is 9.24. The standard InChI is InChI=1S/C12H10N6O/c1-8-16-17-10-7-9(3-6-18(8)10)11(19)15-12-13-4-2-5-14-12/h2-7H,1H3,(H,13,14,15,19). The lowest BCUT2D eigenvalue weighted by molar-refractivity contribution is 0.102. The average Bonchev–Trinajstić information content (AvgIpc) is 2.81. The Kier molecular flexibility index (Phi) is 2.64. The van der Waals surface area contributed by atoms with Gasteiger partial charge in [0.05, 0.1) is 0 Å². The lowest BCUT2D eigenvalue weighted by atomic mass is 10.2. The fourth-order valence-electron chi connectivity index (χ4n) is 1.69. The number of pyridine rings is 1. The molecule has 3 rings (SSSR count). The van der Waals surface area contributed by atoms with Crippen LogP contribution in [0, 0.1) is 6.92 Å². The normalized spacial score (nSPS) is 10.6. The molecule has 94 valence electrons. The molecule has 0 aliphatic heterocycles. The summed E-state index contributed by atoms with van der Waals surface area (Å²) in [6, 6.07) is 5.04. The Hall–Kier alpha value is -2.83. The van der Waals surface area contributed by atoms with Crippen LogP contribution >= 0.6 is 0 Å². The first-order valence-electron chi connectivity index (χ1n) is 5.64. The van der Waals surface area contributed by atoms with Crippen LogP contribution in [0.1, 0.15) is 16.2 Å². The first-order valence-corrected chi connectivity index (χ1v) is 5.64. The van der Waals surface area contributed by atoms with Crippen LogP contribution in [0.25, 0.3) is 5.65 Å². The smallest absolute Gasteiger partial charge is 0.258 e. The molecule has 3 aromatic heterocycles. The van der Waals surface area contributed by atoms with Crippen molar-refractivity contribution < 1.29 is 4.79 Å². The molecule has 0 fully saturated rings. The molecular formula is C12H10N6O. The molecule has 19 heavy (non-hydrogen) atoms. The van der Waals surface area contributed by atoms with Crippen LogP contribution < -0.4 is 5.32 Å². The van der Waals surface area contributed by atoms with Gasteiger partial charge in [0.2, 0.25) is 5.95 Å². The summed E-state index contributed by atoms with van der Waals surface area (Å²) < 4.78 is 1.80. The Morgan fingerprint density at radius 2 is 2.05 bits per heavy atom. The van der Waals surface area contributed by atoms with Gasteiger partial charge in [-0.25, -0.2) is 9.97 Å². The fourth-order valence-corrected chi connectivity index (χ4v) is 1.69. The van der Waals surface area contributed by atoms with E-state index >= 15 is 0 Å². The van der Waals surface area contributed by atoms with Crippen LogP contribution in [0.5, 0.6) is 0 Å². The molecule has 0 saturated carbocycles. The van der Waals surface area contributed by atoms with E-state index in [1.165, 1.54) is 0 Å². The minimum Gasteiger partial charge on any atom is -0.290 e. The summed E-state index contributed by atoms with van der Waals surface area (Å²) in [4.78, 5) is 19.9. The molecule has 0 unspecified atom stereocenters. The fraction of sp³-hybridized carbons (Fsp3) is 0.0833. The van der Waals surface area contributed by atoms with E-state index < -0.39 is 0 Å². The Bertz CT molecular complexity index is 736. The lowest BCUT2D eigenvalue weighted by Gasteiger charge is -2.03. The topological polar surface area (TPSA) is 85.1 Å². The number of amides is 1.